The van der Waals surface area contributed by atoms with Crippen molar-refractivity contribution in [1.82, 2.24) is 9.80 Å². The maximum absolute atomic E-state index is 12.7. The summed E-state index contributed by atoms with van der Waals surface area (Å²) in [6.45, 7) is 1.63. The molecule has 0 bridgehead atoms. The molecular weight excluding hydrogens is 480 g/mol. The number of benzene rings is 2. The Morgan fingerprint density at radius 1 is 1.10 bits per heavy atom. The number of thioether (sulfide) groups is 1. The van der Waals surface area contributed by atoms with Crippen LogP contribution >= 0.6 is 27.7 Å². The molecule has 0 N–H and O–H groups in total. The Balaban J connectivity index is 1.42. The number of carbonyl (C=O) groups is 3. The molecule has 0 aromatic heterocycles. The molecule has 2 aliphatic heterocycles. The highest BCUT2D eigenvalue weighted by atomic mass is 79.9. The third-order valence-corrected chi connectivity index (χ3v) is 6.64. The quantitative estimate of drug-likeness (QED) is 0.538. The number of ether oxygens (including phenoxy) is 1. The van der Waals surface area contributed by atoms with Crippen LogP contribution in [0.4, 0.5) is 4.79 Å². The van der Waals surface area contributed by atoms with E-state index in [1.54, 1.807) is 11.0 Å². The molecule has 2 heterocycles. The van der Waals surface area contributed by atoms with Crippen LogP contribution < -0.4 is 4.74 Å². The van der Waals surface area contributed by atoms with Gasteiger partial charge in [0.25, 0.3) is 11.1 Å². The summed E-state index contributed by atoms with van der Waals surface area (Å²) in [5.41, 5.74) is 1.82. The second-order valence-corrected chi connectivity index (χ2v) is 9.17. The van der Waals surface area contributed by atoms with Crippen molar-refractivity contribution in [2.24, 2.45) is 0 Å². The molecule has 2 aromatic rings. The van der Waals surface area contributed by atoms with E-state index >= 15 is 0 Å². The summed E-state index contributed by atoms with van der Waals surface area (Å²) in [4.78, 5) is 40.4. The van der Waals surface area contributed by atoms with Gasteiger partial charge < -0.3 is 9.64 Å². The van der Waals surface area contributed by atoms with Crippen molar-refractivity contribution in [3.63, 3.8) is 0 Å². The zero-order valence-corrected chi connectivity index (χ0v) is 19.2. The Hall–Kier alpha value is -2.58. The van der Waals surface area contributed by atoms with E-state index in [2.05, 4.69) is 15.9 Å². The highest BCUT2D eigenvalue weighted by Crippen LogP contribution is 2.34. The third-order valence-electron chi connectivity index (χ3n) is 5.12. The van der Waals surface area contributed by atoms with Gasteiger partial charge in [-0.3, -0.25) is 19.3 Å². The third kappa shape index (κ3) is 5.19. The normalized spacial score (nSPS) is 17.6. The highest BCUT2D eigenvalue weighted by Gasteiger charge is 2.37. The van der Waals surface area contributed by atoms with E-state index in [9.17, 15) is 14.4 Å². The fraction of sp³-hybridized carbons (Fsp3) is 0.261. The summed E-state index contributed by atoms with van der Waals surface area (Å²) in [5.74, 6) is 0.0807. The molecule has 0 unspecified atom stereocenters. The molecule has 0 spiro atoms. The molecule has 2 saturated heterocycles. The van der Waals surface area contributed by atoms with Crippen LogP contribution in [0.2, 0.25) is 0 Å². The van der Waals surface area contributed by atoms with Gasteiger partial charge in [-0.05, 0) is 69.9 Å². The molecule has 2 fully saturated rings. The van der Waals surface area contributed by atoms with Gasteiger partial charge in [0.05, 0.1) is 9.38 Å². The van der Waals surface area contributed by atoms with E-state index in [4.69, 9.17) is 4.74 Å². The zero-order chi connectivity index (χ0) is 21.8. The molecule has 6 nitrogen and oxygen atoms in total. The minimum atomic E-state index is -0.428. The fourth-order valence-electron chi connectivity index (χ4n) is 3.45. The van der Waals surface area contributed by atoms with E-state index in [-0.39, 0.29) is 12.5 Å². The molecule has 2 aromatic carbocycles. The largest absolute Gasteiger partial charge is 0.488 e. The van der Waals surface area contributed by atoms with E-state index in [0.717, 1.165) is 45.1 Å². The lowest BCUT2D eigenvalue weighted by molar-refractivity contribution is -0.135. The predicted octanol–water partition coefficient (Wildman–Crippen LogP) is 4.69. The van der Waals surface area contributed by atoms with E-state index < -0.39 is 11.1 Å². The molecule has 4 rings (SSSR count). The monoisotopic (exact) mass is 500 g/mol. The van der Waals surface area contributed by atoms with E-state index in [0.29, 0.717) is 30.4 Å². The van der Waals surface area contributed by atoms with Crippen LogP contribution in [0.25, 0.3) is 6.08 Å². The summed E-state index contributed by atoms with van der Waals surface area (Å²) in [6, 6.07) is 15.3. The minimum absolute atomic E-state index is 0.177. The average molecular weight is 501 g/mol. The lowest BCUT2D eigenvalue weighted by Gasteiger charge is -2.18. The number of nitrogens with zero attached hydrogens (tertiary/aromatic N) is 2. The molecule has 2 aliphatic rings. The van der Waals surface area contributed by atoms with Crippen LogP contribution in [0.15, 0.2) is 57.9 Å². The number of carbonyl (C=O) groups excluding carboxylic acids is 3. The van der Waals surface area contributed by atoms with E-state index in [1.165, 1.54) is 0 Å². The first-order valence-electron chi connectivity index (χ1n) is 10.0. The maximum Gasteiger partial charge on any atom is 0.294 e. The van der Waals surface area contributed by atoms with Crippen molar-refractivity contribution < 1.29 is 19.1 Å². The Morgan fingerprint density at radius 2 is 1.84 bits per heavy atom. The van der Waals surface area contributed by atoms with Gasteiger partial charge >= 0.3 is 0 Å². The Kier molecular flexibility index (Phi) is 6.77. The minimum Gasteiger partial charge on any atom is -0.488 e. The molecule has 0 saturated carbocycles. The molecule has 8 heteroatoms. The Labute approximate surface area is 193 Å². The van der Waals surface area contributed by atoms with Crippen molar-refractivity contribution in [3.05, 3.63) is 69.0 Å². The van der Waals surface area contributed by atoms with Crippen LogP contribution in [0.3, 0.4) is 0 Å². The van der Waals surface area contributed by atoms with Gasteiger partial charge in [-0.1, -0.05) is 36.4 Å². The highest BCUT2D eigenvalue weighted by molar-refractivity contribution is 9.10. The standard InChI is InChI=1S/C23H21BrN2O4S/c24-18-12-17(8-9-19(18)30-15-16-6-2-1-3-7-16)13-20-22(28)26(23(29)31-20)14-21(27)25-10-4-5-11-25/h1-3,6-9,12-13H,4-5,10-11,14-15H2/b20-13+. The van der Waals surface area contributed by atoms with Crippen LogP contribution in [-0.2, 0) is 16.2 Å². The molecule has 3 amide bonds. The molecule has 0 atom stereocenters. The number of rotatable bonds is 6. The smallest absolute Gasteiger partial charge is 0.294 e. The Morgan fingerprint density at radius 3 is 2.55 bits per heavy atom. The number of likely N-dealkylation sites (tertiary alicyclic amines) is 1. The first kappa shape index (κ1) is 21.6. The SMILES string of the molecule is O=C(CN1C(=O)S/C(=C/c2ccc(OCc3ccccc3)c(Br)c2)C1=O)N1CCCC1. The Bertz CT molecular complexity index is 1040. The molecular formula is C23H21BrN2O4S. The van der Waals surface area contributed by atoms with Gasteiger partial charge in [-0.15, -0.1) is 0 Å². The van der Waals surface area contributed by atoms with Crippen molar-refractivity contribution >= 4 is 50.8 Å². The van der Waals surface area contributed by atoms with Crippen molar-refractivity contribution in [2.45, 2.75) is 19.4 Å². The summed E-state index contributed by atoms with van der Waals surface area (Å²) in [7, 11) is 0. The first-order chi connectivity index (χ1) is 15.0. The maximum atomic E-state index is 12.7. The first-order valence-corrected chi connectivity index (χ1v) is 11.6. The number of amides is 3. The zero-order valence-electron chi connectivity index (χ0n) is 16.8. The second kappa shape index (κ2) is 9.70. The fourth-order valence-corrected chi connectivity index (χ4v) is 4.80. The average Bonchev–Trinajstić information content (AvgIpc) is 3.39. The van der Waals surface area contributed by atoms with E-state index in [1.807, 2.05) is 48.5 Å². The summed E-state index contributed by atoms with van der Waals surface area (Å²) >= 11 is 4.37. The van der Waals surface area contributed by atoms with Gasteiger partial charge in [0.15, 0.2) is 0 Å². The van der Waals surface area contributed by atoms with Crippen molar-refractivity contribution in [2.75, 3.05) is 19.6 Å². The number of hydrogen-bond donors (Lipinski definition) is 0. The topological polar surface area (TPSA) is 66.9 Å². The van der Waals surface area contributed by atoms with Crippen molar-refractivity contribution in [1.29, 1.82) is 0 Å². The van der Waals surface area contributed by atoms with Crippen LogP contribution in [-0.4, -0.2) is 46.5 Å². The summed E-state index contributed by atoms with van der Waals surface area (Å²) in [6.07, 6.45) is 3.60. The second-order valence-electron chi connectivity index (χ2n) is 7.32. The molecule has 31 heavy (non-hydrogen) atoms. The number of hydrogen-bond acceptors (Lipinski definition) is 5. The lowest BCUT2D eigenvalue weighted by atomic mass is 10.2. The van der Waals surface area contributed by atoms with Gasteiger partial charge in [-0.2, -0.15) is 0 Å². The number of imide groups is 1. The molecule has 0 radical (unpaired) electrons. The summed E-state index contributed by atoms with van der Waals surface area (Å²) in [5, 5.41) is -0.411. The predicted molar refractivity (Wildman–Crippen MR) is 123 cm³/mol. The number of halogens is 1. The van der Waals surface area contributed by atoms with Gasteiger partial charge in [0.2, 0.25) is 5.91 Å². The summed E-state index contributed by atoms with van der Waals surface area (Å²) < 4.78 is 6.60. The molecule has 160 valence electrons. The van der Waals surface area contributed by atoms with Gasteiger partial charge in [-0.25, -0.2) is 0 Å². The van der Waals surface area contributed by atoms with Crippen LogP contribution in [0.5, 0.6) is 5.75 Å². The van der Waals surface area contributed by atoms with Gasteiger partial charge in [0, 0.05) is 13.1 Å². The van der Waals surface area contributed by atoms with Crippen molar-refractivity contribution in [3.8, 4) is 5.75 Å². The van der Waals surface area contributed by atoms with Crippen LogP contribution in [0.1, 0.15) is 24.0 Å². The lowest BCUT2D eigenvalue weighted by Crippen LogP contribution is -2.40. The van der Waals surface area contributed by atoms with Crippen LogP contribution in [0, 0.1) is 0 Å². The van der Waals surface area contributed by atoms with Gasteiger partial charge in [0.1, 0.15) is 18.9 Å². The molecule has 0 aliphatic carbocycles.